The van der Waals surface area contributed by atoms with Crippen LogP contribution in [0.3, 0.4) is 0 Å². The Morgan fingerprint density at radius 3 is 0.662 bits per heavy atom. The molecule has 678 valence electrons. The Morgan fingerprint density at radius 1 is 0.138 bits per heavy atom. The summed E-state index contributed by atoms with van der Waals surface area (Å²) in [4.78, 5) is 46.6. The largest absolute Gasteiger partial charge is 0.455 e. The molecule has 20 aromatic carbocycles. The van der Waals surface area contributed by atoms with E-state index >= 15 is 0 Å². The average molecular weight is 1860 g/mol. The lowest BCUT2D eigenvalue weighted by atomic mass is 10.0. The van der Waals surface area contributed by atoms with Gasteiger partial charge in [0.1, 0.15) is 11.2 Å². The summed E-state index contributed by atoms with van der Waals surface area (Å²) in [6.45, 7) is 0. The van der Waals surface area contributed by atoms with Gasteiger partial charge in [0.05, 0.1) is 71.8 Å². The number of para-hydroxylation sites is 11. The van der Waals surface area contributed by atoms with Crippen LogP contribution in [0.1, 0.15) is 0 Å². The summed E-state index contributed by atoms with van der Waals surface area (Å²) in [7, 11) is 0. The molecule has 0 saturated heterocycles. The fourth-order valence-electron chi connectivity index (χ4n) is 21.5. The highest BCUT2D eigenvalue weighted by molar-refractivity contribution is 6.27. The highest BCUT2D eigenvalue weighted by Crippen LogP contribution is 2.48. The molecule has 0 saturated carbocycles. The van der Waals surface area contributed by atoms with Crippen molar-refractivity contribution in [3.05, 3.63) is 491 Å². The molecule has 0 unspecified atom stereocenters. The number of furan rings is 1. The first-order valence-corrected chi connectivity index (χ1v) is 48.6. The van der Waals surface area contributed by atoms with Gasteiger partial charge in [0.2, 0.25) is 17.8 Å². The van der Waals surface area contributed by atoms with Crippen molar-refractivity contribution in [3.8, 4) is 114 Å². The van der Waals surface area contributed by atoms with Gasteiger partial charge in [-0.25, -0.2) is 15.0 Å². The summed E-state index contributed by atoms with van der Waals surface area (Å²) in [6.07, 6.45) is 0. The van der Waals surface area contributed by atoms with E-state index in [1.165, 1.54) is 32.5 Å². The van der Waals surface area contributed by atoms with Crippen LogP contribution in [0.2, 0.25) is 0 Å². The van der Waals surface area contributed by atoms with E-state index in [0.29, 0.717) is 52.8 Å². The van der Waals surface area contributed by atoms with Gasteiger partial charge in [0.25, 0.3) is 0 Å². The van der Waals surface area contributed by atoms with E-state index in [9.17, 15) is 0 Å². The second-order valence-corrected chi connectivity index (χ2v) is 36.2. The van der Waals surface area contributed by atoms with Gasteiger partial charge >= 0.3 is 0 Å². The minimum atomic E-state index is 0.538. The van der Waals surface area contributed by atoms with Crippen molar-refractivity contribution in [2.24, 2.45) is 0 Å². The third kappa shape index (κ3) is 13.9. The zero-order valence-electron chi connectivity index (χ0n) is 77.9. The van der Waals surface area contributed by atoms with Crippen LogP contribution in [-0.4, -0.2) is 72.3 Å². The molecule has 0 N–H and O–H groups in total. The van der Waals surface area contributed by atoms with Gasteiger partial charge in [-0.05, 0) is 96.1 Å². The second-order valence-electron chi connectivity index (χ2n) is 36.2. The number of benzene rings is 20. The SMILES string of the molecule is c1ccc(-c2ccc(-c3nc(-c4ccccc4)nc(-n4c5ccccc5c5ccc6c7ccccc7n(-c7ccccc7)c6c54)n3)cc2)cc1.c1ccc(-c2nc(-c3cccc4c3oc3ccccc34)nc(-n3c4ccccc4c4ccc5c6ccccc6n(-c6ccccc6)c5c43)n2)cc1.c1ccc(-c2nc(-c3ccccc3)nc(-n3c4ccccc4c4ccc5c6ccccc6n(-c6ccccc6)c5c43)n2)cc1. The van der Waals surface area contributed by atoms with Crippen LogP contribution in [0.25, 0.3) is 267 Å². The van der Waals surface area contributed by atoms with Crippen LogP contribution in [0, 0.1) is 0 Å². The van der Waals surface area contributed by atoms with Gasteiger partial charge in [-0.15, -0.1) is 0 Å². The van der Waals surface area contributed by atoms with Gasteiger partial charge < -0.3 is 18.1 Å². The van der Waals surface area contributed by atoms with Gasteiger partial charge in [-0.2, -0.15) is 29.9 Å². The average Bonchev–Trinajstić information content (AvgIpc) is 1.55. The van der Waals surface area contributed by atoms with Crippen LogP contribution < -0.4 is 0 Å². The summed E-state index contributed by atoms with van der Waals surface area (Å²) in [5, 5.41) is 16.0. The minimum absolute atomic E-state index is 0.538. The number of rotatable bonds is 13. The number of hydrogen-bond acceptors (Lipinski definition) is 10. The molecule has 10 heterocycles. The molecule has 0 aliphatic heterocycles. The third-order valence-corrected chi connectivity index (χ3v) is 27.9. The summed E-state index contributed by atoms with van der Waals surface area (Å²) < 4.78 is 20.3. The Labute approximate surface area is 829 Å². The number of hydrogen-bond donors (Lipinski definition) is 0. The van der Waals surface area contributed by atoms with E-state index in [1.54, 1.807) is 0 Å². The smallest absolute Gasteiger partial charge is 0.238 e. The van der Waals surface area contributed by atoms with Gasteiger partial charge in [0.15, 0.2) is 34.9 Å². The Morgan fingerprint density at radius 2 is 0.352 bits per heavy atom. The van der Waals surface area contributed by atoms with Crippen molar-refractivity contribution in [2.75, 3.05) is 0 Å². The van der Waals surface area contributed by atoms with Gasteiger partial charge in [-0.1, -0.05) is 406 Å². The zero-order valence-corrected chi connectivity index (χ0v) is 77.9. The predicted octanol–water partition coefficient (Wildman–Crippen LogP) is 31.8. The molecule has 0 bridgehead atoms. The molecule has 0 radical (unpaired) electrons. The van der Waals surface area contributed by atoms with E-state index in [4.69, 9.17) is 49.3 Å². The molecule has 0 amide bonds. The minimum Gasteiger partial charge on any atom is -0.455 e. The van der Waals surface area contributed by atoms with E-state index < -0.39 is 0 Å². The summed E-state index contributed by atoms with van der Waals surface area (Å²) in [5.74, 6) is 5.35. The molecule has 0 atom stereocenters. The van der Waals surface area contributed by atoms with Crippen LogP contribution in [-0.2, 0) is 0 Å². The molecule has 145 heavy (non-hydrogen) atoms. The highest BCUT2D eigenvalue weighted by atomic mass is 16.3. The highest BCUT2D eigenvalue weighted by Gasteiger charge is 2.30. The van der Waals surface area contributed by atoms with Crippen molar-refractivity contribution >= 4 is 153 Å². The first-order chi connectivity index (χ1) is 72.0. The fourth-order valence-corrected chi connectivity index (χ4v) is 21.5. The van der Waals surface area contributed by atoms with E-state index in [-0.39, 0.29) is 0 Å². The molecule has 0 spiro atoms. The van der Waals surface area contributed by atoms with Crippen LogP contribution >= 0.6 is 0 Å². The number of fused-ring (bicyclic) bond motifs is 24. The number of aromatic nitrogens is 15. The lowest BCUT2D eigenvalue weighted by Gasteiger charge is -2.13. The maximum Gasteiger partial charge on any atom is 0.238 e. The second kappa shape index (κ2) is 34.6. The summed E-state index contributed by atoms with van der Waals surface area (Å²) in [5.41, 5.74) is 25.7. The molecule has 10 aromatic heterocycles. The summed E-state index contributed by atoms with van der Waals surface area (Å²) >= 11 is 0. The quantitative estimate of drug-likeness (QED) is 0.109. The first kappa shape index (κ1) is 83.2. The molecule has 30 rings (SSSR count). The van der Waals surface area contributed by atoms with Crippen molar-refractivity contribution in [2.45, 2.75) is 0 Å². The van der Waals surface area contributed by atoms with E-state index in [2.05, 4.69) is 373 Å². The third-order valence-electron chi connectivity index (χ3n) is 27.9. The monoisotopic (exact) mass is 1860 g/mol. The van der Waals surface area contributed by atoms with Crippen LogP contribution in [0.5, 0.6) is 0 Å². The zero-order chi connectivity index (χ0) is 95.5. The number of nitrogens with zero attached hydrogens (tertiary/aromatic N) is 15. The van der Waals surface area contributed by atoms with Gasteiger partial charge in [0, 0.05) is 120 Å². The van der Waals surface area contributed by atoms with Crippen molar-refractivity contribution in [3.63, 3.8) is 0 Å². The lowest BCUT2D eigenvalue weighted by Crippen LogP contribution is -2.07. The van der Waals surface area contributed by atoms with Crippen LogP contribution in [0.15, 0.2) is 496 Å². The Bertz CT molecular complexity index is 10300. The van der Waals surface area contributed by atoms with Crippen LogP contribution in [0.4, 0.5) is 0 Å². The molecule has 0 fully saturated rings. The summed E-state index contributed by atoms with van der Waals surface area (Å²) in [6, 6.07) is 171. The molecule has 30 aromatic rings. The first-order valence-electron chi connectivity index (χ1n) is 48.6. The molecular weight excluding hydrogens is 1780 g/mol. The Balaban J connectivity index is 0.000000106. The molecule has 0 aliphatic rings. The molecule has 16 nitrogen and oxygen atoms in total. The Hall–Kier alpha value is -20.0. The topological polar surface area (TPSA) is 159 Å². The maximum absolute atomic E-state index is 6.50. The maximum atomic E-state index is 6.50. The van der Waals surface area contributed by atoms with Crippen molar-refractivity contribution in [1.82, 2.24) is 72.3 Å². The lowest BCUT2D eigenvalue weighted by molar-refractivity contribution is 0.669. The molecule has 16 heteroatoms. The van der Waals surface area contributed by atoms with Crippen molar-refractivity contribution < 1.29 is 4.42 Å². The fraction of sp³-hybridized carbons (Fsp3) is 0. The Kier molecular flexibility index (Phi) is 19.8. The van der Waals surface area contributed by atoms with Gasteiger partial charge in [-0.3, -0.25) is 13.7 Å². The molecular formula is C129H81N15O. The van der Waals surface area contributed by atoms with Crippen molar-refractivity contribution in [1.29, 1.82) is 0 Å². The van der Waals surface area contributed by atoms with E-state index in [1.807, 2.05) is 146 Å². The van der Waals surface area contributed by atoms with E-state index in [0.717, 1.165) is 182 Å². The standard InChI is InChI=1S/C45H27N5O.C45H29N5.C39H25N5/c1-3-14-28(15-4-1)43-46-44(36-22-13-21-35-32-20-9-12-25-39(32)51-42(35)36)48-45(47-43)50-38-24-11-8-19-31(38)34-27-26-33-30-18-7-10-23-37(30)49(40(33)41(34)50)29-16-5-2-6-17-29;1-4-14-30(15-5-1)31-24-26-33(27-25-31)44-46-43(32-16-6-2-7-17-32)47-45(48-44)50-40-23-13-11-21-36(40)38-29-28-37-35-20-10-12-22-39(35)49(41(37)42(38)50)34-18-8-3-9-19-34;1-4-14-26(15-5-1)37-40-38(27-16-6-2-7-17-27)42-39(41-37)44-34-23-13-11-21-30(34)32-25-24-31-29-20-10-12-22-33(29)43(35(31)36(32)44)28-18-8-3-9-19-28/h1-27H;1-29H;1-25H. The normalized spacial score (nSPS) is 11.7. The molecule has 0 aliphatic carbocycles. The predicted molar refractivity (Wildman–Crippen MR) is 591 cm³/mol.